The molecular weight excluding hydrogens is 422 g/mol. The maximum Gasteiger partial charge on any atom is 0.338 e. The maximum absolute atomic E-state index is 12.3. The number of rotatable bonds is 5. The number of nitrogens with zero attached hydrogens (tertiary/aromatic N) is 2. The Morgan fingerprint density at radius 1 is 1.12 bits per heavy atom. The minimum atomic E-state index is -0.388. The zero-order chi connectivity index (χ0) is 22.1. The smallest absolute Gasteiger partial charge is 0.338 e. The average Bonchev–Trinajstić information content (AvgIpc) is 3.58. The maximum atomic E-state index is 12.3. The van der Waals surface area contributed by atoms with Gasteiger partial charge in [0.15, 0.2) is 5.11 Å². The van der Waals surface area contributed by atoms with E-state index in [-0.39, 0.29) is 18.1 Å². The summed E-state index contributed by atoms with van der Waals surface area (Å²) in [4.78, 5) is 19.2. The van der Waals surface area contributed by atoms with Crippen molar-refractivity contribution in [1.29, 1.82) is 0 Å². The lowest BCUT2D eigenvalue weighted by atomic mass is 10.0. The summed E-state index contributed by atoms with van der Waals surface area (Å²) in [6.07, 6.45) is 6.45. The Hall–Kier alpha value is -3.19. The summed E-state index contributed by atoms with van der Waals surface area (Å²) in [6.45, 7) is 0. The van der Waals surface area contributed by atoms with Gasteiger partial charge in [-0.05, 0) is 55.4 Å². The predicted octanol–water partition coefficient (Wildman–Crippen LogP) is 5.04. The average molecular weight is 448 g/mol. The summed E-state index contributed by atoms with van der Waals surface area (Å²) in [5, 5.41) is 4.24. The molecular formula is C25H25N3O3S. The van der Waals surface area contributed by atoms with E-state index in [2.05, 4.69) is 15.2 Å². The fourth-order valence-corrected chi connectivity index (χ4v) is 5.28. The zero-order valence-electron chi connectivity index (χ0n) is 17.9. The second kappa shape index (κ2) is 8.74. The van der Waals surface area contributed by atoms with Crippen LogP contribution in [0.4, 0.5) is 0 Å². The van der Waals surface area contributed by atoms with E-state index < -0.39 is 0 Å². The Balaban J connectivity index is 1.56. The van der Waals surface area contributed by atoms with E-state index in [0.29, 0.717) is 22.9 Å². The summed E-state index contributed by atoms with van der Waals surface area (Å²) in [6, 6.07) is 17.3. The third kappa shape index (κ3) is 3.66. The van der Waals surface area contributed by atoms with E-state index in [9.17, 15) is 4.79 Å². The third-order valence-electron chi connectivity index (χ3n) is 6.37. The van der Waals surface area contributed by atoms with Gasteiger partial charge in [0, 0.05) is 17.8 Å². The molecule has 164 valence electrons. The van der Waals surface area contributed by atoms with Gasteiger partial charge in [-0.25, -0.2) is 4.79 Å². The molecule has 1 saturated heterocycles. The number of ether oxygens (including phenoxy) is 1. The van der Waals surface area contributed by atoms with Crippen molar-refractivity contribution in [3.8, 4) is 11.3 Å². The number of carbonyl (C=O) groups is 1. The number of hydrogen-bond donors (Lipinski definition) is 1. The first-order valence-corrected chi connectivity index (χ1v) is 11.4. The van der Waals surface area contributed by atoms with Crippen LogP contribution in [0.5, 0.6) is 0 Å². The van der Waals surface area contributed by atoms with E-state index in [4.69, 9.17) is 21.4 Å². The van der Waals surface area contributed by atoms with Gasteiger partial charge in [-0.15, -0.1) is 0 Å². The topological polar surface area (TPSA) is 67.6 Å². The summed E-state index contributed by atoms with van der Waals surface area (Å²) in [5.41, 5.74) is 2.11. The van der Waals surface area contributed by atoms with E-state index in [0.717, 1.165) is 29.4 Å². The Morgan fingerprint density at radius 2 is 1.91 bits per heavy atom. The molecule has 1 aliphatic carbocycles. The number of hydrogen-bond acceptors (Lipinski definition) is 5. The van der Waals surface area contributed by atoms with Gasteiger partial charge >= 0.3 is 5.97 Å². The molecule has 2 fully saturated rings. The SMILES string of the molecule is COC(=O)c1ccccc1-c1ccc([C@@H]2[C@@H](c3ccccn3)NC(=S)N2C2CCCC2)o1. The van der Waals surface area contributed by atoms with Crippen LogP contribution in [0.1, 0.15) is 59.6 Å². The molecule has 2 aliphatic rings. The molecule has 0 radical (unpaired) electrons. The molecule has 1 saturated carbocycles. The summed E-state index contributed by atoms with van der Waals surface area (Å²) in [7, 11) is 1.38. The Morgan fingerprint density at radius 3 is 2.66 bits per heavy atom. The molecule has 0 spiro atoms. The summed E-state index contributed by atoms with van der Waals surface area (Å²) >= 11 is 5.79. The lowest BCUT2D eigenvalue weighted by Crippen LogP contribution is -2.37. The standard InChI is InChI=1S/C25H25N3O3S/c1-30-24(29)18-11-5-4-10-17(18)20-13-14-21(31-20)23-22(19-12-6-7-15-26-19)27-25(32)28(23)16-8-2-3-9-16/h4-7,10-16,22-23H,2-3,8-9H2,1H3,(H,27,32)/t22-,23-/m1/s1. The number of furan rings is 1. The summed E-state index contributed by atoms with van der Waals surface area (Å²) < 4.78 is 11.4. The van der Waals surface area contributed by atoms with Crippen molar-refractivity contribution in [2.75, 3.05) is 7.11 Å². The van der Waals surface area contributed by atoms with E-state index in [1.807, 2.05) is 48.5 Å². The van der Waals surface area contributed by atoms with Gasteiger partial charge in [0.05, 0.1) is 24.4 Å². The van der Waals surface area contributed by atoms with Crippen LogP contribution in [0.15, 0.2) is 65.2 Å². The minimum absolute atomic E-state index is 0.112. The van der Waals surface area contributed by atoms with Crippen molar-refractivity contribution in [3.63, 3.8) is 0 Å². The number of thiocarbonyl (C=S) groups is 1. The van der Waals surface area contributed by atoms with Crippen molar-refractivity contribution in [2.24, 2.45) is 0 Å². The number of carbonyl (C=O) groups excluding carboxylic acids is 1. The van der Waals surface area contributed by atoms with Crippen molar-refractivity contribution in [2.45, 2.75) is 43.8 Å². The van der Waals surface area contributed by atoms with Crippen LogP contribution in [-0.4, -0.2) is 34.1 Å². The number of nitrogens with one attached hydrogen (secondary N) is 1. The first-order chi connectivity index (χ1) is 15.7. The molecule has 2 aromatic heterocycles. The second-order valence-electron chi connectivity index (χ2n) is 8.21. The third-order valence-corrected chi connectivity index (χ3v) is 6.70. The van der Waals surface area contributed by atoms with Gasteiger partial charge in [-0.1, -0.05) is 37.1 Å². The fraction of sp³-hybridized carbons (Fsp3) is 0.320. The minimum Gasteiger partial charge on any atom is -0.465 e. The van der Waals surface area contributed by atoms with E-state index >= 15 is 0 Å². The van der Waals surface area contributed by atoms with Crippen LogP contribution >= 0.6 is 12.2 Å². The molecule has 5 rings (SSSR count). The van der Waals surface area contributed by atoms with Crippen LogP contribution in [0.25, 0.3) is 11.3 Å². The highest BCUT2D eigenvalue weighted by molar-refractivity contribution is 7.80. The van der Waals surface area contributed by atoms with Crippen LogP contribution in [-0.2, 0) is 4.74 Å². The van der Waals surface area contributed by atoms with Crippen molar-refractivity contribution in [3.05, 3.63) is 77.8 Å². The molecule has 32 heavy (non-hydrogen) atoms. The lowest BCUT2D eigenvalue weighted by Gasteiger charge is -2.31. The molecule has 3 aromatic rings. The highest BCUT2D eigenvalue weighted by Crippen LogP contribution is 2.44. The van der Waals surface area contributed by atoms with E-state index in [1.54, 1.807) is 12.3 Å². The zero-order valence-corrected chi connectivity index (χ0v) is 18.7. The van der Waals surface area contributed by atoms with Crippen molar-refractivity contribution in [1.82, 2.24) is 15.2 Å². The predicted molar refractivity (Wildman–Crippen MR) is 125 cm³/mol. The molecule has 3 heterocycles. The number of methoxy groups -OCH3 is 1. The van der Waals surface area contributed by atoms with Crippen LogP contribution < -0.4 is 5.32 Å². The van der Waals surface area contributed by atoms with Crippen molar-refractivity contribution >= 4 is 23.3 Å². The van der Waals surface area contributed by atoms with Gasteiger partial charge in [0.2, 0.25) is 0 Å². The monoisotopic (exact) mass is 447 g/mol. The number of pyridine rings is 1. The Labute approximate surface area is 192 Å². The molecule has 1 aromatic carbocycles. The molecule has 0 amide bonds. The van der Waals surface area contributed by atoms with Gasteiger partial charge in [-0.2, -0.15) is 0 Å². The van der Waals surface area contributed by atoms with Crippen molar-refractivity contribution < 1.29 is 13.9 Å². The highest BCUT2D eigenvalue weighted by Gasteiger charge is 2.45. The number of aromatic nitrogens is 1. The molecule has 1 N–H and O–H groups in total. The Bertz CT molecular complexity index is 1120. The normalized spacial score (nSPS) is 21.0. The van der Waals surface area contributed by atoms with Gasteiger partial charge in [0.1, 0.15) is 17.6 Å². The Kier molecular flexibility index (Phi) is 5.66. The second-order valence-corrected chi connectivity index (χ2v) is 8.60. The first kappa shape index (κ1) is 20.7. The largest absolute Gasteiger partial charge is 0.465 e. The van der Waals surface area contributed by atoms with E-state index in [1.165, 1.54) is 20.0 Å². The molecule has 2 atom stereocenters. The van der Waals surface area contributed by atoms with Crippen LogP contribution in [0.2, 0.25) is 0 Å². The molecule has 0 unspecified atom stereocenters. The van der Waals surface area contributed by atoms with Gasteiger partial charge < -0.3 is 19.4 Å². The molecule has 7 heteroatoms. The van der Waals surface area contributed by atoms with Crippen LogP contribution in [0, 0.1) is 0 Å². The lowest BCUT2D eigenvalue weighted by molar-refractivity contribution is 0.0601. The van der Waals surface area contributed by atoms with Crippen LogP contribution in [0.3, 0.4) is 0 Å². The molecule has 0 bridgehead atoms. The molecule has 6 nitrogen and oxygen atoms in total. The molecule has 1 aliphatic heterocycles. The van der Waals surface area contributed by atoms with Gasteiger partial charge in [-0.3, -0.25) is 4.98 Å². The van der Waals surface area contributed by atoms with Gasteiger partial charge in [0.25, 0.3) is 0 Å². The quantitative estimate of drug-likeness (QED) is 0.434. The number of esters is 1. The number of benzene rings is 1. The highest BCUT2D eigenvalue weighted by atomic mass is 32.1. The first-order valence-electron chi connectivity index (χ1n) is 10.9. The summed E-state index contributed by atoms with van der Waals surface area (Å²) in [5.74, 6) is 1.04. The fourth-order valence-electron chi connectivity index (χ4n) is 4.89.